The standard InChI is InChI=1S/C15H23N3O3/c1-2-7-17-9-5-12(6-10-17)16-15(21)13-4-3-8-18(13)11-14(19)20/h3-4,8,12H,2,5-7,9-11H2,1H3,(H,16,21)(H,19,20). The highest BCUT2D eigenvalue weighted by atomic mass is 16.4. The first-order chi connectivity index (χ1) is 10.1. The van der Waals surface area contributed by atoms with Gasteiger partial charge in [-0.3, -0.25) is 9.59 Å². The van der Waals surface area contributed by atoms with Crippen molar-refractivity contribution in [2.24, 2.45) is 0 Å². The number of amides is 1. The molecule has 2 N–H and O–H groups in total. The molecule has 0 saturated carbocycles. The van der Waals surface area contributed by atoms with E-state index in [1.165, 1.54) is 4.57 Å². The van der Waals surface area contributed by atoms with Crippen LogP contribution in [-0.2, 0) is 11.3 Å². The lowest BCUT2D eigenvalue weighted by Gasteiger charge is -2.32. The number of carbonyl (C=O) groups excluding carboxylic acids is 1. The molecule has 1 aromatic heterocycles. The monoisotopic (exact) mass is 293 g/mol. The zero-order valence-electron chi connectivity index (χ0n) is 12.4. The average Bonchev–Trinajstić information content (AvgIpc) is 2.88. The molecular weight excluding hydrogens is 270 g/mol. The van der Waals surface area contributed by atoms with Gasteiger partial charge < -0.3 is 19.9 Å². The number of nitrogens with one attached hydrogen (secondary N) is 1. The second-order valence-electron chi connectivity index (χ2n) is 5.50. The van der Waals surface area contributed by atoms with Gasteiger partial charge in [-0.2, -0.15) is 0 Å². The summed E-state index contributed by atoms with van der Waals surface area (Å²) in [7, 11) is 0. The molecule has 0 spiro atoms. The van der Waals surface area contributed by atoms with Gasteiger partial charge in [-0.15, -0.1) is 0 Å². The summed E-state index contributed by atoms with van der Waals surface area (Å²) < 4.78 is 1.46. The summed E-state index contributed by atoms with van der Waals surface area (Å²) in [4.78, 5) is 25.4. The van der Waals surface area contributed by atoms with E-state index in [1.54, 1.807) is 18.3 Å². The lowest BCUT2D eigenvalue weighted by molar-refractivity contribution is -0.137. The summed E-state index contributed by atoms with van der Waals surface area (Å²) in [6, 6.07) is 3.53. The summed E-state index contributed by atoms with van der Waals surface area (Å²) in [5.74, 6) is -1.14. The molecule has 1 aromatic rings. The molecule has 0 unspecified atom stereocenters. The number of likely N-dealkylation sites (tertiary alicyclic amines) is 1. The zero-order chi connectivity index (χ0) is 15.2. The van der Waals surface area contributed by atoms with Crippen LogP contribution in [0, 0.1) is 0 Å². The first kappa shape index (κ1) is 15.6. The lowest BCUT2D eigenvalue weighted by atomic mass is 10.0. The Morgan fingerprint density at radius 2 is 2.10 bits per heavy atom. The van der Waals surface area contributed by atoms with Crippen LogP contribution in [0.5, 0.6) is 0 Å². The Labute approximate surface area is 124 Å². The predicted octanol–water partition coefficient (Wildman–Crippen LogP) is 1.18. The van der Waals surface area contributed by atoms with E-state index in [-0.39, 0.29) is 18.5 Å². The Hall–Kier alpha value is -1.82. The number of hydrogen-bond acceptors (Lipinski definition) is 3. The fourth-order valence-corrected chi connectivity index (χ4v) is 2.78. The van der Waals surface area contributed by atoms with Crippen molar-refractivity contribution in [2.45, 2.75) is 38.8 Å². The third-order valence-corrected chi connectivity index (χ3v) is 3.83. The van der Waals surface area contributed by atoms with Crippen LogP contribution >= 0.6 is 0 Å². The second kappa shape index (κ2) is 7.26. The molecule has 0 atom stereocenters. The smallest absolute Gasteiger partial charge is 0.323 e. The van der Waals surface area contributed by atoms with Gasteiger partial charge in [0.25, 0.3) is 5.91 Å². The van der Waals surface area contributed by atoms with E-state index < -0.39 is 5.97 Å². The Bertz CT molecular complexity index is 490. The van der Waals surface area contributed by atoms with E-state index in [1.807, 2.05) is 0 Å². The summed E-state index contributed by atoms with van der Waals surface area (Å²) in [5.41, 5.74) is 0.411. The fraction of sp³-hybridized carbons (Fsp3) is 0.600. The first-order valence-electron chi connectivity index (χ1n) is 7.50. The molecule has 1 saturated heterocycles. The maximum Gasteiger partial charge on any atom is 0.323 e. The number of hydrogen-bond donors (Lipinski definition) is 2. The molecule has 6 heteroatoms. The van der Waals surface area contributed by atoms with E-state index in [2.05, 4.69) is 17.1 Å². The number of rotatable bonds is 6. The number of aromatic nitrogens is 1. The van der Waals surface area contributed by atoms with Gasteiger partial charge in [0.2, 0.25) is 0 Å². The summed E-state index contributed by atoms with van der Waals surface area (Å²) >= 11 is 0. The molecule has 0 aromatic carbocycles. The third-order valence-electron chi connectivity index (χ3n) is 3.83. The van der Waals surface area contributed by atoms with Crippen molar-refractivity contribution in [1.82, 2.24) is 14.8 Å². The van der Waals surface area contributed by atoms with Gasteiger partial charge in [-0.1, -0.05) is 6.92 Å². The van der Waals surface area contributed by atoms with Gasteiger partial charge in [-0.05, 0) is 37.9 Å². The van der Waals surface area contributed by atoms with Gasteiger partial charge in [0.1, 0.15) is 12.2 Å². The Kier molecular flexibility index (Phi) is 5.38. The summed E-state index contributed by atoms with van der Waals surface area (Å²) in [6.07, 6.45) is 4.67. The van der Waals surface area contributed by atoms with Crippen LogP contribution in [0.15, 0.2) is 18.3 Å². The Morgan fingerprint density at radius 1 is 1.38 bits per heavy atom. The van der Waals surface area contributed by atoms with Crippen LogP contribution in [0.3, 0.4) is 0 Å². The number of piperidine rings is 1. The minimum atomic E-state index is -0.951. The highest BCUT2D eigenvalue weighted by Crippen LogP contribution is 2.12. The molecule has 2 rings (SSSR count). The van der Waals surface area contributed by atoms with Crippen molar-refractivity contribution in [1.29, 1.82) is 0 Å². The molecular formula is C15H23N3O3. The van der Waals surface area contributed by atoms with E-state index in [0.717, 1.165) is 38.9 Å². The van der Waals surface area contributed by atoms with E-state index in [0.29, 0.717) is 5.69 Å². The number of carboxylic acid groups (broad SMARTS) is 1. The second-order valence-corrected chi connectivity index (χ2v) is 5.50. The third kappa shape index (κ3) is 4.32. The molecule has 0 bridgehead atoms. The van der Waals surface area contributed by atoms with Crippen LogP contribution in [0.1, 0.15) is 36.7 Å². The molecule has 6 nitrogen and oxygen atoms in total. The summed E-state index contributed by atoms with van der Waals surface area (Å²) in [6.45, 7) is 5.11. The number of nitrogens with zero attached hydrogens (tertiary/aromatic N) is 2. The molecule has 21 heavy (non-hydrogen) atoms. The molecule has 1 aliphatic rings. The van der Waals surface area contributed by atoms with Crippen LogP contribution in [0.4, 0.5) is 0 Å². The van der Waals surface area contributed by atoms with E-state index in [9.17, 15) is 9.59 Å². The van der Waals surface area contributed by atoms with Gasteiger partial charge in [0, 0.05) is 25.3 Å². The highest BCUT2D eigenvalue weighted by molar-refractivity contribution is 5.93. The maximum absolute atomic E-state index is 12.2. The largest absolute Gasteiger partial charge is 0.480 e. The van der Waals surface area contributed by atoms with Gasteiger partial charge in [0.15, 0.2) is 0 Å². The predicted molar refractivity (Wildman–Crippen MR) is 79.3 cm³/mol. The molecule has 1 amide bonds. The Balaban J connectivity index is 1.88. The fourth-order valence-electron chi connectivity index (χ4n) is 2.78. The highest BCUT2D eigenvalue weighted by Gasteiger charge is 2.21. The number of carboxylic acids is 1. The van der Waals surface area contributed by atoms with Crippen LogP contribution in [0.2, 0.25) is 0 Å². The van der Waals surface area contributed by atoms with E-state index >= 15 is 0 Å². The van der Waals surface area contributed by atoms with Crippen LogP contribution in [0.25, 0.3) is 0 Å². The maximum atomic E-state index is 12.2. The molecule has 2 heterocycles. The van der Waals surface area contributed by atoms with Crippen molar-refractivity contribution in [2.75, 3.05) is 19.6 Å². The molecule has 0 aliphatic carbocycles. The van der Waals surface area contributed by atoms with Crippen molar-refractivity contribution in [3.05, 3.63) is 24.0 Å². The van der Waals surface area contributed by atoms with Crippen molar-refractivity contribution in [3.8, 4) is 0 Å². The topological polar surface area (TPSA) is 74.6 Å². The Morgan fingerprint density at radius 3 is 2.71 bits per heavy atom. The minimum Gasteiger partial charge on any atom is -0.480 e. The van der Waals surface area contributed by atoms with E-state index in [4.69, 9.17) is 5.11 Å². The van der Waals surface area contributed by atoms with Crippen molar-refractivity contribution < 1.29 is 14.7 Å². The van der Waals surface area contributed by atoms with Crippen molar-refractivity contribution in [3.63, 3.8) is 0 Å². The SMILES string of the molecule is CCCN1CCC(NC(=O)c2cccn2CC(=O)O)CC1. The van der Waals surface area contributed by atoms with Gasteiger partial charge >= 0.3 is 5.97 Å². The summed E-state index contributed by atoms with van der Waals surface area (Å²) in [5, 5.41) is 11.9. The molecule has 0 radical (unpaired) electrons. The number of carbonyl (C=O) groups is 2. The lowest BCUT2D eigenvalue weighted by Crippen LogP contribution is -2.45. The normalized spacial score (nSPS) is 16.8. The zero-order valence-corrected chi connectivity index (χ0v) is 12.4. The quantitative estimate of drug-likeness (QED) is 0.826. The minimum absolute atomic E-state index is 0.179. The van der Waals surface area contributed by atoms with Crippen molar-refractivity contribution >= 4 is 11.9 Å². The average molecular weight is 293 g/mol. The van der Waals surface area contributed by atoms with Crippen LogP contribution in [-0.4, -0.2) is 52.1 Å². The first-order valence-corrected chi connectivity index (χ1v) is 7.50. The molecule has 1 aliphatic heterocycles. The molecule has 1 fully saturated rings. The number of aliphatic carboxylic acids is 1. The van der Waals surface area contributed by atoms with Gasteiger partial charge in [0.05, 0.1) is 0 Å². The van der Waals surface area contributed by atoms with Gasteiger partial charge in [-0.25, -0.2) is 0 Å². The van der Waals surface area contributed by atoms with Crippen LogP contribution < -0.4 is 5.32 Å². The molecule has 116 valence electrons.